The Hall–Kier alpha value is -1.74. The van der Waals surface area contributed by atoms with Crippen molar-refractivity contribution >= 4 is 23.4 Å². The first kappa shape index (κ1) is 13.3. The molecule has 2 aromatic rings. The number of hydrogen-bond acceptors (Lipinski definition) is 2. The summed E-state index contributed by atoms with van der Waals surface area (Å²) in [6, 6.07) is 18.3. The number of benzene rings is 2. The van der Waals surface area contributed by atoms with Crippen molar-refractivity contribution < 1.29 is 4.79 Å². The molecule has 1 heterocycles. The molecular formula is C17H17NOS. The highest BCUT2D eigenvalue weighted by Crippen LogP contribution is 2.45. The Labute approximate surface area is 123 Å². The summed E-state index contributed by atoms with van der Waals surface area (Å²) in [7, 11) is 0. The minimum absolute atomic E-state index is 0.000174. The van der Waals surface area contributed by atoms with Crippen LogP contribution in [0.5, 0.6) is 0 Å². The summed E-state index contributed by atoms with van der Waals surface area (Å²) >= 11 is 1.71. The first-order chi connectivity index (χ1) is 9.68. The quantitative estimate of drug-likeness (QED) is 0.824. The molecule has 1 fully saturated rings. The smallest absolute Gasteiger partial charge is 0.241 e. The maximum absolute atomic E-state index is 12.5. The van der Waals surface area contributed by atoms with Gasteiger partial charge in [-0.3, -0.25) is 9.69 Å². The minimum atomic E-state index is -0.000174. The lowest BCUT2D eigenvalue weighted by atomic mass is 10.1. The lowest BCUT2D eigenvalue weighted by molar-refractivity contribution is -0.117. The Kier molecular flexibility index (Phi) is 3.53. The highest BCUT2D eigenvalue weighted by Gasteiger charge is 2.39. The average Bonchev–Trinajstić information content (AvgIpc) is 2.77. The predicted octanol–water partition coefficient (Wildman–Crippen LogP) is 4.16. The zero-order chi connectivity index (χ0) is 14.1. The van der Waals surface area contributed by atoms with Crippen molar-refractivity contribution in [3.8, 4) is 0 Å². The summed E-state index contributed by atoms with van der Waals surface area (Å²) in [5.41, 5.74) is 3.33. The van der Waals surface area contributed by atoms with Crippen molar-refractivity contribution in [1.82, 2.24) is 0 Å². The van der Waals surface area contributed by atoms with Crippen LogP contribution in [-0.4, -0.2) is 11.2 Å². The van der Waals surface area contributed by atoms with Gasteiger partial charge in [0.25, 0.3) is 0 Å². The van der Waals surface area contributed by atoms with E-state index in [1.807, 2.05) is 48.2 Å². The number of rotatable bonds is 2. The van der Waals surface area contributed by atoms with Gasteiger partial charge in [-0.2, -0.15) is 0 Å². The second-order valence-corrected chi connectivity index (χ2v) is 6.46. The molecule has 1 aliphatic rings. The monoisotopic (exact) mass is 283 g/mol. The third-order valence-corrected chi connectivity index (χ3v) is 4.96. The van der Waals surface area contributed by atoms with Crippen LogP contribution in [0.25, 0.3) is 0 Å². The van der Waals surface area contributed by atoms with Crippen molar-refractivity contribution in [2.75, 3.05) is 4.90 Å². The van der Waals surface area contributed by atoms with Gasteiger partial charge in [0.05, 0.1) is 5.25 Å². The second kappa shape index (κ2) is 5.33. The van der Waals surface area contributed by atoms with Gasteiger partial charge in [-0.15, -0.1) is 11.8 Å². The Balaban J connectivity index is 2.06. The summed E-state index contributed by atoms with van der Waals surface area (Å²) in [4.78, 5) is 14.5. The molecule has 3 heteroatoms. The molecule has 102 valence electrons. The van der Waals surface area contributed by atoms with Gasteiger partial charge in [0.15, 0.2) is 0 Å². The van der Waals surface area contributed by atoms with E-state index in [0.29, 0.717) is 0 Å². The van der Waals surface area contributed by atoms with Gasteiger partial charge in [-0.05, 0) is 31.0 Å². The summed E-state index contributed by atoms with van der Waals surface area (Å²) in [6.45, 7) is 4.04. The standard InChI is InChI=1S/C17H17NOS/c1-12-8-6-7-11-15(12)18-16(19)13(2)20-17(18)14-9-4-3-5-10-14/h3-11,13,17H,1-2H3. The van der Waals surface area contributed by atoms with Gasteiger partial charge in [-0.1, -0.05) is 48.5 Å². The predicted molar refractivity (Wildman–Crippen MR) is 84.9 cm³/mol. The number of nitrogens with zero attached hydrogens (tertiary/aromatic N) is 1. The van der Waals surface area contributed by atoms with Crippen LogP contribution in [0.4, 0.5) is 5.69 Å². The first-order valence-corrected chi connectivity index (χ1v) is 7.72. The lowest BCUT2D eigenvalue weighted by Crippen LogP contribution is -2.30. The van der Waals surface area contributed by atoms with E-state index in [2.05, 4.69) is 25.1 Å². The van der Waals surface area contributed by atoms with E-state index >= 15 is 0 Å². The van der Waals surface area contributed by atoms with E-state index in [4.69, 9.17) is 0 Å². The van der Waals surface area contributed by atoms with Crippen LogP contribution >= 0.6 is 11.8 Å². The van der Waals surface area contributed by atoms with E-state index in [9.17, 15) is 4.79 Å². The molecule has 1 saturated heterocycles. The minimum Gasteiger partial charge on any atom is -0.295 e. The third-order valence-electron chi connectivity index (χ3n) is 3.61. The fraction of sp³-hybridized carbons (Fsp3) is 0.235. The van der Waals surface area contributed by atoms with Crippen molar-refractivity contribution in [2.24, 2.45) is 0 Å². The van der Waals surface area contributed by atoms with Crippen molar-refractivity contribution in [3.05, 3.63) is 65.7 Å². The number of thioether (sulfide) groups is 1. The number of carbonyl (C=O) groups excluding carboxylic acids is 1. The summed E-state index contributed by atoms with van der Waals surface area (Å²) < 4.78 is 0. The van der Waals surface area contributed by atoms with E-state index in [1.54, 1.807) is 11.8 Å². The zero-order valence-corrected chi connectivity index (χ0v) is 12.4. The number of hydrogen-bond donors (Lipinski definition) is 0. The van der Waals surface area contributed by atoms with Crippen LogP contribution in [0.2, 0.25) is 0 Å². The van der Waals surface area contributed by atoms with Gasteiger partial charge < -0.3 is 0 Å². The van der Waals surface area contributed by atoms with Gasteiger partial charge in [0.1, 0.15) is 5.37 Å². The number of para-hydroxylation sites is 1. The molecule has 2 aromatic carbocycles. The Bertz CT molecular complexity index is 626. The maximum Gasteiger partial charge on any atom is 0.241 e. The van der Waals surface area contributed by atoms with Crippen molar-refractivity contribution in [2.45, 2.75) is 24.5 Å². The molecular weight excluding hydrogens is 266 g/mol. The molecule has 2 atom stereocenters. The molecule has 0 bridgehead atoms. The molecule has 0 aliphatic carbocycles. The average molecular weight is 283 g/mol. The highest BCUT2D eigenvalue weighted by atomic mass is 32.2. The molecule has 1 amide bonds. The first-order valence-electron chi connectivity index (χ1n) is 6.77. The molecule has 20 heavy (non-hydrogen) atoms. The van der Waals surface area contributed by atoms with Crippen LogP contribution in [0.3, 0.4) is 0 Å². The SMILES string of the molecule is Cc1ccccc1N1C(=O)C(C)SC1c1ccccc1. The van der Waals surface area contributed by atoms with E-state index in [0.717, 1.165) is 11.3 Å². The number of carbonyl (C=O) groups is 1. The number of aryl methyl sites for hydroxylation is 1. The molecule has 2 unspecified atom stereocenters. The Morgan fingerprint density at radius 1 is 1.00 bits per heavy atom. The summed E-state index contributed by atoms with van der Waals surface area (Å²) in [6.07, 6.45) is 0. The number of amides is 1. The van der Waals surface area contributed by atoms with Gasteiger partial charge >= 0.3 is 0 Å². The largest absolute Gasteiger partial charge is 0.295 e. The van der Waals surface area contributed by atoms with Crippen LogP contribution in [0.1, 0.15) is 23.4 Å². The van der Waals surface area contributed by atoms with E-state index in [1.165, 1.54) is 5.56 Å². The summed E-state index contributed by atoms with van der Waals surface area (Å²) in [5.74, 6) is 0.193. The van der Waals surface area contributed by atoms with Crippen molar-refractivity contribution in [3.63, 3.8) is 0 Å². The Morgan fingerprint density at radius 3 is 2.35 bits per heavy atom. The normalized spacial score (nSPS) is 22.3. The van der Waals surface area contributed by atoms with Crippen LogP contribution in [0, 0.1) is 6.92 Å². The fourth-order valence-electron chi connectivity index (χ4n) is 2.55. The Morgan fingerprint density at radius 2 is 1.65 bits per heavy atom. The fourth-order valence-corrected chi connectivity index (χ4v) is 3.82. The molecule has 2 nitrogen and oxygen atoms in total. The number of anilines is 1. The zero-order valence-electron chi connectivity index (χ0n) is 11.6. The molecule has 0 radical (unpaired) electrons. The summed E-state index contributed by atoms with van der Waals surface area (Å²) in [5, 5.41) is 0.0691. The van der Waals surface area contributed by atoms with Crippen LogP contribution in [0.15, 0.2) is 54.6 Å². The van der Waals surface area contributed by atoms with Crippen LogP contribution < -0.4 is 4.90 Å². The molecule has 0 spiro atoms. The highest BCUT2D eigenvalue weighted by molar-refractivity contribution is 8.01. The molecule has 0 saturated carbocycles. The molecule has 3 rings (SSSR count). The van der Waals surface area contributed by atoms with Gasteiger partial charge in [0.2, 0.25) is 5.91 Å². The molecule has 1 aliphatic heterocycles. The second-order valence-electron chi connectivity index (χ2n) is 5.04. The van der Waals surface area contributed by atoms with Crippen molar-refractivity contribution in [1.29, 1.82) is 0 Å². The van der Waals surface area contributed by atoms with Crippen LogP contribution in [-0.2, 0) is 4.79 Å². The van der Waals surface area contributed by atoms with E-state index < -0.39 is 0 Å². The molecule has 0 aromatic heterocycles. The van der Waals surface area contributed by atoms with Gasteiger partial charge in [-0.25, -0.2) is 0 Å². The lowest BCUT2D eigenvalue weighted by Gasteiger charge is -2.25. The maximum atomic E-state index is 12.5. The molecule has 0 N–H and O–H groups in total. The van der Waals surface area contributed by atoms with E-state index in [-0.39, 0.29) is 16.5 Å². The third kappa shape index (κ3) is 2.22. The topological polar surface area (TPSA) is 20.3 Å². The van der Waals surface area contributed by atoms with Gasteiger partial charge in [0, 0.05) is 5.69 Å².